The molecule has 0 radical (unpaired) electrons. The number of carbonyl (C=O) groups excluding carboxylic acids is 2. The number of amides is 2. The first-order valence-corrected chi connectivity index (χ1v) is 12.2. The molecule has 1 unspecified atom stereocenters. The van der Waals surface area contributed by atoms with Crippen molar-refractivity contribution in [2.24, 2.45) is 0 Å². The standard InChI is InChI=1S/C23H31N3O7S/c1-16(23(28)24-2)25(14-17-8-7-9-19(12-17)31-3)22(27)15-26(34(6,29)30)18-10-11-20(32-4)21(13-18)33-5/h7-13,16H,14-15H2,1-6H3,(H,24,28). The van der Waals surface area contributed by atoms with Crippen LogP contribution in [-0.2, 0) is 26.2 Å². The Morgan fingerprint density at radius 3 is 2.24 bits per heavy atom. The van der Waals surface area contributed by atoms with Crippen LogP contribution in [0.3, 0.4) is 0 Å². The topological polar surface area (TPSA) is 114 Å². The van der Waals surface area contributed by atoms with Gasteiger partial charge in [-0.2, -0.15) is 0 Å². The number of benzene rings is 2. The maximum atomic E-state index is 13.4. The largest absolute Gasteiger partial charge is 0.497 e. The molecule has 0 spiro atoms. The van der Waals surface area contributed by atoms with E-state index in [9.17, 15) is 18.0 Å². The Hall–Kier alpha value is -3.47. The molecule has 0 fully saturated rings. The maximum absolute atomic E-state index is 13.4. The highest BCUT2D eigenvalue weighted by atomic mass is 32.2. The number of rotatable bonds is 11. The number of ether oxygens (including phenoxy) is 3. The number of hydrogen-bond donors (Lipinski definition) is 1. The highest BCUT2D eigenvalue weighted by molar-refractivity contribution is 7.92. The van der Waals surface area contributed by atoms with E-state index in [1.807, 2.05) is 0 Å². The Morgan fingerprint density at radius 1 is 1.00 bits per heavy atom. The first-order chi connectivity index (χ1) is 16.0. The predicted molar refractivity (Wildman–Crippen MR) is 129 cm³/mol. The molecule has 0 heterocycles. The van der Waals surface area contributed by atoms with Crippen molar-refractivity contribution in [2.75, 3.05) is 45.5 Å². The Labute approximate surface area is 200 Å². The third-order valence-corrected chi connectivity index (χ3v) is 6.38. The fraction of sp³-hybridized carbons (Fsp3) is 0.391. The number of nitrogens with zero attached hydrogens (tertiary/aromatic N) is 2. The minimum absolute atomic E-state index is 0.0775. The van der Waals surface area contributed by atoms with Crippen molar-refractivity contribution in [3.63, 3.8) is 0 Å². The van der Waals surface area contributed by atoms with Gasteiger partial charge in [-0.3, -0.25) is 13.9 Å². The summed E-state index contributed by atoms with van der Waals surface area (Å²) in [5, 5.41) is 2.53. The summed E-state index contributed by atoms with van der Waals surface area (Å²) in [6.45, 7) is 1.14. The summed E-state index contributed by atoms with van der Waals surface area (Å²) in [6.07, 6.45) is 1.01. The Kier molecular flexibility index (Phi) is 9.13. The normalized spacial score (nSPS) is 11.8. The smallest absolute Gasteiger partial charge is 0.244 e. The average Bonchev–Trinajstić information content (AvgIpc) is 2.83. The van der Waals surface area contributed by atoms with Gasteiger partial charge in [-0.15, -0.1) is 0 Å². The molecule has 10 nitrogen and oxygen atoms in total. The van der Waals surface area contributed by atoms with E-state index in [0.29, 0.717) is 17.2 Å². The summed E-state index contributed by atoms with van der Waals surface area (Å²) in [6, 6.07) is 10.8. The van der Waals surface area contributed by atoms with Gasteiger partial charge in [0.2, 0.25) is 21.8 Å². The van der Waals surface area contributed by atoms with Crippen molar-refractivity contribution in [1.82, 2.24) is 10.2 Å². The van der Waals surface area contributed by atoms with Gasteiger partial charge in [0, 0.05) is 19.7 Å². The van der Waals surface area contributed by atoms with Crippen LogP contribution in [0.5, 0.6) is 17.2 Å². The van der Waals surface area contributed by atoms with Gasteiger partial charge in [0.05, 0.1) is 33.3 Å². The Bertz CT molecular complexity index is 1120. The van der Waals surface area contributed by atoms with Crippen LogP contribution in [0.1, 0.15) is 12.5 Å². The van der Waals surface area contributed by atoms with Crippen LogP contribution < -0.4 is 23.8 Å². The van der Waals surface area contributed by atoms with Crippen LogP contribution in [0.2, 0.25) is 0 Å². The molecule has 0 saturated carbocycles. The number of hydrogen-bond acceptors (Lipinski definition) is 7. The average molecular weight is 494 g/mol. The lowest BCUT2D eigenvalue weighted by Gasteiger charge is -2.31. The van der Waals surface area contributed by atoms with Gasteiger partial charge < -0.3 is 24.4 Å². The fourth-order valence-corrected chi connectivity index (χ4v) is 4.19. The zero-order valence-electron chi connectivity index (χ0n) is 20.2. The van der Waals surface area contributed by atoms with Gasteiger partial charge in [0.15, 0.2) is 11.5 Å². The van der Waals surface area contributed by atoms with Crippen LogP contribution in [0, 0.1) is 0 Å². The summed E-state index contributed by atoms with van der Waals surface area (Å²) < 4.78 is 42.0. The first-order valence-electron chi connectivity index (χ1n) is 10.4. The highest BCUT2D eigenvalue weighted by Gasteiger charge is 2.30. The second-order valence-corrected chi connectivity index (χ2v) is 9.38. The zero-order chi connectivity index (χ0) is 25.5. The van der Waals surface area contributed by atoms with E-state index in [4.69, 9.17) is 14.2 Å². The van der Waals surface area contributed by atoms with Crippen LogP contribution in [0.25, 0.3) is 0 Å². The molecule has 0 aromatic heterocycles. The van der Waals surface area contributed by atoms with E-state index in [-0.39, 0.29) is 18.1 Å². The number of nitrogens with one attached hydrogen (secondary N) is 1. The van der Waals surface area contributed by atoms with E-state index >= 15 is 0 Å². The summed E-state index contributed by atoms with van der Waals surface area (Å²) in [4.78, 5) is 27.1. The van der Waals surface area contributed by atoms with Gasteiger partial charge in [-0.05, 0) is 36.8 Å². The first kappa shape index (κ1) is 26.8. The number of methoxy groups -OCH3 is 3. The summed E-state index contributed by atoms with van der Waals surface area (Å²) in [7, 11) is 2.04. The van der Waals surface area contributed by atoms with E-state index in [2.05, 4.69) is 5.32 Å². The molecule has 2 rings (SSSR count). The zero-order valence-corrected chi connectivity index (χ0v) is 21.0. The molecule has 0 bridgehead atoms. The molecule has 0 saturated heterocycles. The lowest BCUT2D eigenvalue weighted by Crippen LogP contribution is -2.50. The molecule has 0 aliphatic carbocycles. The van der Waals surface area contributed by atoms with Crippen molar-refractivity contribution in [3.05, 3.63) is 48.0 Å². The van der Waals surface area contributed by atoms with Gasteiger partial charge in [-0.1, -0.05) is 12.1 Å². The number of likely N-dealkylation sites (N-methyl/N-ethyl adjacent to an activating group) is 1. The number of carbonyl (C=O) groups is 2. The molecule has 2 amide bonds. The van der Waals surface area contributed by atoms with E-state index in [1.54, 1.807) is 37.3 Å². The quantitative estimate of drug-likeness (QED) is 0.506. The number of anilines is 1. The fourth-order valence-electron chi connectivity index (χ4n) is 3.35. The van der Waals surface area contributed by atoms with Crippen molar-refractivity contribution in [2.45, 2.75) is 19.5 Å². The molecule has 186 valence electrons. The van der Waals surface area contributed by atoms with Crippen LogP contribution >= 0.6 is 0 Å². The second kappa shape index (κ2) is 11.6. The third-order valence-electron chi connectivity index (χ3n) is 5.24. The predicted octanol–water partition coefficient (Wildman–Crippen LogP) is 1.64. The Morgan fingerprint density at radius 2 is 1.68 bits per heavy atom. The number of sulfonamides is 1. The maximum Gasteiger partial charge on any atom is 0.244 e. The van der Waals surface area contributed by atoms with Crippen LogP contribution in [0.15, 0.2) is 42.5 Å². The van der Waals surface area contributed by atoms with Crippen LogP contribution in [0.4, 0.5) is 5.69 Å². The van der Waals surface area contributed by atoms with E-state index in [0.717, 1.165) is 16.1 Å². The molecule has 1 atom stereocenters. The SMILES string of the molecule is CNC(=O)C(C)N(Cc1cccc(OC)c1)C(=O)CN(c1ccc(OC)c(OC)c1)S(C)(=O)=O. The molecular formula is C23H31N3O7S. The highest BCUT2D eigenvalue weighted by Crippen LogP contribution is 2.32. The molecule has 0 aliphatic heterocycles. The van der Waals surface area contributed by atoms with Gasteiger partial charge >= 0.3 is 0 Å². The van der Waals surface area contributed by atoms with Gasteiger partial charge in [0.1, 0.15) is 18.3 Å². The van der Waals surface area contributed by atoms with E-state index in [1.165, 1.54) is 45.4 Å². The second-order valence-electron chi connectivity index (χ2n) is 7.47. The molecule has 2 aromatic carbocycles. The van der Waals surface area contributed by atoms with Crippen molar-refractivity contribution >= 4 is 27.5 Å². The lowest BCUT2D eigenvalue weighted by molar-refractivity contribution is -0.139. The Balaban J connectivity index is 2.43. The summed E-state index contributed by atoms with van der Waals surface area (Å²) in [5.41, 5.74) is 0.947. The van der Waals surface area contributed by atoms with Crippen molar-refractivity contribution in [3.8, 4) is 17.2 Å². The molecule has 11 heteroatoms. The molecule has 0 aliphatic rings. The molecule has 2 aromatic rings. The van der Waals surface area contributed by atoms with Crippen molar-refractivity contribution in [1.29, 1.82) is 0 Å². The third kappa shape index (κ3) is 6.53. The molecular weight excluding hydrogens is 462 g/mol. The monoisotopic (exact) mass is 493 g/mol. The van der Waals surface area contributed by atoms with Crippen LogP contribution in [-0.4, -0.2) is 72.4 Å². The summed E-state index contributed by atoms with van der Waals surface area (Å²) >= 11 is 0. The van der Waals surface area contributed by atoms with Gasteiger partial charge in [0.25, 0.3) is 0 Å². The molecule has 1 N–H and O–H groups in total. The van der Waals surface area contributed by atoms with Gasteiger partial charge in [-0.25, -0.2) is 8.42 Å². The van der Waals surface area contributed by atoms with Crippen molar-refractivity contribution < 1.29 is 32.2 Å². The minimum Gasteiger partial charge on any atom is -0.497 e. The molecule has 34 heavy (non-hydrogen) atoms. The van der Waals surface area contributed by atoms with E-state index < -0.39 is 28.5 Å². The summed E-state index contributed by atoms with van der Waals surface area (Å²) in [5.74, 6) is 0.389. The lowest BCUT2D eigenvalue weighted by atomic mass is 10.1. The minimum atomic E-state index is -3.86.